The van der Waals surface area contributed by atoms with Gasteiger partial charge >= 0.3 is 0 Å². The number of hydrogen-bond acceptors (Lipinski definition) is 6. The molecule has 0 bridgehead atoms. The summed E-state index contributed by atoms with van der Waals surface area (Å²) in [7, 11) is 0. The number of hydrogen-bond donors (Lipinski definition) is 0. The van der Waals surface area contributed by atoms with Crippen LogP contribution in [0.25, 0.3) is 117 Å². The normalized spacial score (nSPS) is 11.0. The van der Waals surface area contributed by atoms with E-state index in [0.29, 0.717) is 46.3 Å². The van der Waals surface area contributed by atoms with E-state index >= 15 is 0 Å². The Morgan fingerprint density at radius 1 is 0.308 bits per heavy atom. The van der Waals surface area contributed by atoms with Crippen molar-refractivity contribution in [2.75, 3.05) is 0 Å². The van der Waals surface area contributed by atoms with Gasteiger partial charge in [-0.25, -0.2) is 39.6 Å². The van der Waals surface area contributed by atoms with Crippen LogP contribution < -0.4 is 0 Å². The van der Waals surface area contributed by atoms with Gasteiger partial charge in [0, 0.05) is 44.2 Å². The fourth-order valence-corrected chi connectivity index (χ4v) is 8.22. The summed E-state index contributed by atoms with van der Waals surface area (Å²) in [5, 5.41) is 2.10. The summed E-state index contributed by atoms with van der Waals surface area (Å²) in [6, 6.07) is 65.9. The van der Waals surface area contributed by atoms with Gasteiger partial charge in [0.2, 0.25) is 0 Å². The lowest BCUT2D eigenvalue weighted by Gasteiger charge is -2.17. The van der Waals surface area contributed by atoms with Gasteiger partial charge in [0.05, 0.1) is 29.9 Å². The van der Waals surface area contributed by atoms with Crippen LogP contribution in [-0.2, 0) is 0 Å². The van der Waals surface area contributed by atoms with Gasteiger partial charge in [-0.2, -0.15) is 0 Å². The molecule has 0 fully saturated rings. The molecule has 3 heterocycles. The minimum absolute atomic E-state index is 0.412. The minimum Gasteiger partial charge on any atom is -0.308 e. The molecule has 11 aromatic rings. The lowest BCUT2D eigenvalue weighted by molar-refractivity contribution is 1.06. The van der Waals surface area contributed by atoms with E-state index in [1.165, 1.54) is 0 Å². The first-order valence-electron chi connectivity index (χ1n) is 20.9. The maximum Gasteiger partial charge on any atom is 0.177 e. The van der Waals surface area contributed by atoms with Crippen LogP contribution in [0.4, 0.5) is 11.4 Å². The third-order valence-corrected chi connectivity index (χ3v) is 11.3. The maximum absolute atomic E-state index is 7.75. The third-order valence-electron chi connectivity index (χ3n) is 11.3. The average molecular weight is 832 g/mol. The van der Waals surface area contributed by atoms with Crippen molar-refractivity contribution in [3.05, 3.63) is 223 Å². The molecular formula is C56H33N9. The summed E-state index contributed by atoms with van der Waals surface area (Å²) in [5.74, 6) is 3.12. The van der Waals surface area contributed by atoms with E-state index in [0.717, 1.165) is 72.0 Å². The highest BCUT2D eigenvalue weighted by molar-refractivity contribution is 6.11. The molecule has 0 aliphatic carbocycles. The number of benzene rings is 8. The summed E-state index contributed by atoms with van der Waals surface area (Å²) < 4.78 is 2.24. The Morgan fingerprint density at radius 2 is 0.723 bits per heavy atom. The monoisotopic (exact) mass is 831 g/mol. The van der Waals surface area contributed by atoms with Crippen molar-refractivity contribution in [2.24, 2.45) is 0 Å². The van der Waals surface area contributed by atoms with Gasteiger partial charge in [-0.3, -0.25) is 0 Å². The number of fused-ring (bicyclic) bond motifs is 3. The van der Waals surface area contributed by atoms with Crippen LogP contribution in [0.1, 0.15) is 0 Å². The zero-order valence-electron chi connectivity index (χ0n) is 34.6. The summed E-state index contributed by atoms with van der Waals surface area (Å²) in [6.45, 7) is 15.5. The van der Waals surface area contributed by atoms with E-state index in [1.807, 2.05) is 152 Å². The van der Waals surface area contributed by atoms with Gasteiger partial charge in [-0.15, -0.1) is 0 Å². The van der Waals surface area contributed by atoms with E-state index in [2.05, 4.69) is 56.7 Å². The van der Waals surface area contributed by atoms with Gasteiger partial charge in [0.1, 0.15) is 0 Å². The SMILES string of the molecule is [C-]#[N+]c1cc([N+]#[C-])cc(-c2ccc3c4ccccc4n(-c4ccc(-c5nc(-c6ccccc6)nc(-c6ccccc6)n5)cc4-c4nc(-c5ccccc5)nc(-c5ccccc5)n4)c3c2)c1. The molecule has 0 aliphatic heterocycles. The van der Waals surface area contributed by atoms with Crippen molar-refractivity contribution >= 4 is 33.2 Å². The van der Waals surface area contributed by atoms with E-state index in [-0.39, 0.29) is 0 Å². The number of aromatic nitrogens is 7. The van der Waals surface area contributed by atoms with E-state index in [9.17, 15) is 0 Å². The molecule has 8 aromatic carbocycles. The summed E-state index contributed by atoms with van der Waals surface area (Å²) in [4.78, 5) is 38.1. The highest BCUT2D eigenvalue weighted by atomic mass is 15.1. The zero-order valence-corrected chi connectivity index (χ0v) is 34.6. The van der Waals surface area contributed by atoms with Crippen molar-refractivity contribution in [3.8, 4) is 85.1 Å². The maximum atomic E-state index is 7.75. The molecule has 0 atom stereocenters. The smallest absolute Gasteiger partial charge is 0.177 e. The standard InChI is InChI=1S/C56H33N9/c1-57-43-31-42(32-44(35-43)58-2)40-27-29-46-45-25-15-16-26-48(45)65(50(46)34-40)49-30-28-41(55-61-51(36-17-7-3-8-18-36)59-52(62-55)37-19-9-4-10-20-37)33-47(49)56-63-53(38-21-11-5-12-22-38)60-54(64-56)39-23-13-6-14-24-39/h3-35H. The molecule has 11 rings (SSSR count). The molecule has 9 heteroatoms. The van der Waals surface area contributed by atoms with Crippen LogP contribution in [0.2, 0.25) is 0 Å². The molecule has 0 unspecified atom stereocenters. The molecule has 0 saturated carbocycles. The van der Waals surface area contributed by atoms with Gasteiger partial charge < -0.3 is 4.57 Å². The molecule has 0 amide bonds. The van der Waals surface area contributed by atoms with Crippen molar-refractivity contribution in [3.63, 3.8) is 0 Å². The predicted octanol–water partition coefficient (Wildman–Crippen LogP) is 13.9. The largest absolute Gasteiger partial charge is 0.308 e. The Balaban J connectivity index is 1.21. The molecule has 0 N–H and O–H groups in total. The van der Waals surface area contributed by atoms with Gasteiger partial charge in [0.15, 0.2) is 46.3 Å². The minimum atomic E-state index is 0.412. The van der Waals surface area contributed by atoms with Gasteiger partial charge in [-0.1, -0.05) is 170 Å². The lowest BCUT2D eigenvalue weighted by atomic mass is 10.0. The Bertz CT molecular complexity index is 3520. The van der Waals surface area contributed by atoms with Crippen LogP contribution in [0.5, 0.6) is 0 Å². The number of rotatable bonds is 8. The van der Waals surface area contributed by atoms with Crippen LogP contribution in [0.3, 0.4) is 0 Å². The van der Waals surface area contributed by atoms with E-state index in [1.54, 1.807) is 6.07 Å². The first-order chi connectivity index (χ1) is 32.1. The Morgan fingerprint density at radius 3 is 1.22 bits per heavy atom. The predicted molar refractivity (Wildman–Crippen MR) is 258 cm³/mol. The van der Waals surface area contributed by atoms with Crippen molar-refractivity contribution in [2.45, 2.75) is 0 Å². The van der Waals surface area contributed by atoms with Gasteiger partial charge in [0.25, 0.3) is 0 Å². The Hall–Kier alpha value is -9.44. The quantitative estimate of drug-likeness (QED) is 0.142. The summed E-state index contributed by atoms with van der Waals surface area (Å²) in [5.41, 5.74) is 10.1. The fourth-order valence-electron chi connectivity index (χ4n) is 8.22. The van der Waals surface area contributed by atoms with Crippen LogP contribution >= 0.6 is 0 Å². The molecule has 0 aliphatic rings. The number of para-hydroxylation sites is 1. The second kappa shape index (κ2) is 16.4. The molecule has 0 radical (unpaired) electrons. The summed E-state index contributed by atoms with van der Waals surface area (Å²) in [6.07, 6.45) is 0. The molecule has 3 aromatic heterocycles. The van der Waals surface area contributed by atoms with Crippen LogP contribution in [0.15, 0.2) is 200 Å². The molecule has 9 nitrogen and oxygen atoms in total. The van der Waals surface area contributed by atoms with E-state index < -0.39 is 0 Å². The molecule has 302 valence electrons. The van der Waals surface area contributed by atoms with Crippen molar-refractivity contribution < 1.29 is 0 Å². The van der Waals surface area contributed by atoms with Crippen molar-refractivity contribution in [1.82, 2.24) is 34.5 Å². The molecular weight excluding hydrogens is 799 g/mol. The Labute approximate surface area is 374 Å². The zero-order chi connectivity index (χ0) is 43.7. The number of nitrogens with zero attached hydrogens (tertiary/aromatic N) is 9. The van der Waals surface area contributed by atoms with Crippen LogP contribution in [0, 0.1) is 13.1 Å². The Kier molecular flexibility index (Phi) is 9.73. The molecule has 0 saturated heterocycles. The highest BCUT2D eigenvalue weighted by Gasteiger charge is 2.22. The first kappa shape index (κ1) is 38.5. The summed E-state index contributed by atoms with van der Waals surface area (Å²) >= 11 is 0. The van der Waals surface area contributed by atoms with Gasteiger partial charge in [-0.05, 0) is 41.5 Å². The highest BCUT2D eigenvalue weighted by Crippen LogP contribution is 2.40. The topological polar surface area (TPSA) is 91.0 Å². The lowest BCUT2D eigenvalue weighted by Crippen LogP contribution is -2.05. The average Bonchev–Trinajstić information content (AvgIpc) is 3.72. The van der Waals surface area contributed by atoms with E-state index in [4.69, 9.17) is 43.0 Å². The van der Waals surface area contributed by atoms with Crippen LogP contribution in [-0.4, -0.2) is 34.5 Å². The second-order valence-corrected chi connectivity index (χ2v) is 15.4. The first-order valence-corrected chi connectivity index (χ1v) is 20.9. The molecule has 65 heavy (non-hydrogen) atoms. The fraction of sp³-hybridized carbons (Fsp3) is 0. The second-order valence-electron chi connectivity index (χ2n) is 15.4. The third kappa shape index (κ3) is 7.31. The molecule has 0 spiro atoms. The van der Waals surface area contributed by atoms with Crippen molar-refractivity contribution in [1.29, 1.82) is 0 Å².